The second-order valence-electron chi connectivity index (χ2n) is 3.67. The highest BCUT2D eigenvalue weighted by molar-refractivity contribution is 9.10. The van der Waals surface area contributed by atoms with Crippen LogP contribution in [0.3, 0.4) is 0 Å². The molecule has 0 spiro atoms. The Morgan fingerprint density at radius 1 is 1.40 bits per heavy atom. The Morgan fingerprint density at radius 3 is 2.67 bits per heavy atom. The van der Waals surface area contributed by atoms with E-state index in [9.17, 15) is 4.79 Å². The molecule has 1 aromatic carbocycles. The summed E-state index contributed by atoms with van der Waals surface area (Å²) in [6.45, 7) is 5.80. The lowest BCUT2D eigenvalue weighted by molar-refractivity contribution is 0.250. The fourth-order valence-corrected chi connectivity index (χ4v) is 1.53. The van der Waals surface area contributed by atoms with Crippen LogP contribution >= 0.6 is 15.9 Å². The predicted molar refractivity (Wildman–Crippen MR) is 66.2 cm³/mol. The van der Waals surface area contributed by atoms with Crippen molar-refractivity contribution in [1.29, 1.82) is 0 Å². The Balaban J connectivity index is 2.73. The monoisotopic (exact) mass is 270 g/mol. The van der Waals surface area contributed by atoms with Crippen LogP contribution in [0.2, 0.25) is 0 Å². The van der Waals surface area contributed by atoms with Gasteiger partial charge >= 0.3 is 6.03 Å². The van der Waals surface area contributed by atoms with E-state index in [-0.39, 0.29) is 12.1 Å². The van der Waals surface area contributed by atoms with Gasteiger partial charge < -0.3 is 10.6 Å². The van der Waals surface area contributed by atoms with Crippen LogP contribution in [-0.2, 0) is 0 Å². The summed E-state index contributed by atoms with van der Waals surface area (Å²) in [6, 6.07) is 5.67. The van der Waals surface area contributed by atoms with Crippen LogP contribution in [0, 0.1) is 6.92 Å². The number of carbonyl (C=O) groups excluding carboxylic acids is 1. The average molecular weight is 271 g/mol. The summed E-state index contributed by atoms with van der Waals surface area (Å²) in [5.74, 6) is 0. The molecule has 0 atom stereocenters. The van der Waals surface area contributed by atoms with Gasteiger partial charge in [0.05, 0.1) is 0 Å². The Kier molecular flexibility index (Phi) is 4.15. The first kappa shape index (κ1) is 12.0. The van der Waals surface area contributed by atoms with E-state index >= 15 is 0 Å². The standard InChI is InChI=1S/C11H15BrN2O/c1-7(2)13-11(15)14-10-6-4-5-9(12)8(10)3/h4-7H,1-3H3,(H2,13,14,15). The molecule has 1 aromatic rings. The summed E-state index contributed by atoms with van der Waals surface area (Å²) in [5, 5.41) is 5.57. The number of hydrogen-bond acceptors (Lipinski definition) is 1. The van der Waals surface area contributed by atoms with Gasteiger partial charge in [-0.15, -0.1) is 0 Å². The van der Waals surface area contributed by atoms with Crippen molar-refractivity contribution >= 4 is 27.6 Å². The molecule has 0 aromatic heterocycles. The minimum atomic E-state index is -0.175. The van der Waals surface area contributed by atoms with Gasteiger partial charge in [0.1, 0.15) is 0 Å². The summed E-state index contributed by atoms with van der Waals surface area (Å²) in [5.41, 5.74) is 1.85. The molecule has 1 rings (SSSR count). The van der Waals surface area contributed by atoms with E-state index in [1.807, 2.05) is 39.0 Å². The lowest BCUT2D eigenvalue weighted by Gasteiger charge is -2.12. The van der Waals surface area contributed by atoms with Crippen molar-refractivity contribution in [2.75, 3.05) is 5.32 Å². The Morgan fingerprint density at radius 2 is 2.07 bits per heavy atom. The highest BCUT2D eigenvalue weighted by Crippen LogP contribution is 2.23. The molecule has 0 saturated heterocycles. The topological polar surface area (TPSA) is 41.1 Å². The number of rotatable bonds is 2. The van der Waals surface area contributed by atoms with E-state index in [4.69, 9.17) is 0 Å². The van der Waals surface area contributed by atoms with Gasteiger partial charge in [-0.25, -0.2) is 4.79 Å². The summed E-state index contributed by atoms with van der Waals surface area (Å²) in [7, 11) is 0. The van der Waals surface area contributed by atoms with Gasteiger partial charge in [0.25, 0.3) is 0 Å². The van der Waals surface area contributed by atoms with E-state index < -0.39 is 0 Å². The molecule has 0 heterocycles. The number of benzene rings is 1. The quantitative estimate of drug-likeness (QED) is 0.851. The highest BCUT2D eigenvalue weighted by atomic mass is 79.9. The van der Waals surface area contributed by atoms with Gasteiger partial charge in [0.15, 0.2) is 0 Å². The second-order valence-corrected chi connectivity index (χ2v) is 4.52. The van der Waals surface area contributed by atoms with Crippen LogP contribution in [0.5, 0.6) is 0 Å². The van der Waals surface area contributed by atoms with Crippen LogP contribution in [-0.4, -0.2) is 12.1 Å². The smallest absolute Gasteiger partial charge is 0.319 e. The van der Waals surface area contributed by atoms with Crippen LogP contribution in [0.4, 0.5) is 10.5 Å². The highest BCUT2D eigenvalue weighted by Gasteiger charge is 2.06. The molecular formula is C11H15BrN2O. The zero-order valence-corrected chi connectivity index (χ0v) is 10.7. The second kappa shape index (κ2) is 5.16. The van der Waals surface area contributed by atoms with Gasteiger partial charge in [0, 0.05) is 16.2 Å². The first-order chi connectivity index (χ1) is 7.00. The van der Waals surface area contributed by atoms with Crippen molar-refractivity contribution < 1.29 is 4.79 Å². The molecule has 0 aliphatic rings. The molecule has 0 fully saturated rings. The molecule has 4 heteroatoms. The van der Waals surface area contributed by atoms with Crippen LogP contribution in [0.15, 0.2) is 22.7 Å². The SMILES string of the molecule is Cc1c(Br)cccc1NC(=O)NC(C)C. The molecule has 0 saturated carbocycles. The lowest BCUT2D eigenvalue weighted by atomic mass is 10.2. The molecule has 15 heavy (non-hydrogen) atoms. The number of halogens is 1. The molecular weight excluding hydrogens is 256 g/mol. The largest absolute Gasteiger partial charge is 0.336 e. The van der Waals surface area contributed by atoms with Gasteiger partial charge in [-0.3, -0.25) is 0 Å². The van der Waals surface area contributed by atoms with Crippen LogP contribution in [0.25, 0.3) is 0 Å². The molecule has 2 N–H and O–H groups in total. The van der Waals surface area contributed by atoms with Gasteiger partial charge in [0.2, 0.25) is 0 Å². The molecule has 3 nitrogen and oxygen atoms in total. The average Bonchev–Trinajstić information content (AvgIpc) is 2.11. The Hall–Kier alpha value is -1.03. The van der Waals surface area contributed by atoms with Crippen molar-refractivity contribution in [2.24, 2.45) is 0 Å². The third-order valence-corrected chi connectivity index (χ3v) is 2.79. The molecule has 0 aliphatic heterocycles. The summed E-state index contributed by atoms with van der Waals surface area (Å²) < 4.78 is 0.991. The number of amides is 2. The number of carbonyl (C=O) groups is 1. The first-order valence-electron chi connectivity index (χ1n) is 4.83. The maximum atomic E-state index is 11.4. The number of anilines is 1. The van der Waals surface area contributed by atoms with Gasteiger partial charge in [-0.2, -0.15) is 0 Å². The van der Waals surface area contributed by atoms with E-state index in [1.54, 1.807) is 0 Å². The van der Waals surface area contributed by atoms with E-state index in [1.165, 1.54) is 0 Å². The van der Waals surface area contributed by atoms with Crippen molar-refractivity contribution in [2.45, 2.75) is 26.8 Å². The van der Waals surface area contributed by atoms with Crippen molar-refractivity contribution in [1.82, 2.24) is 5.32 Å². The van der Waals surface area contributed by atoms with Gasteiger partial charge in [-0.1, -0.05) is 22.0 Å². The Labute approximate surface area is 98.4 Å². The minimum absolute atomic E-state index is 0.137. The number of nitrogens with one attached hydrogen (secondary N) is 2. The normalized spacial score (nSPS) is 10.2. The van der Waals surface area contributed by atoms with Crippen LogP contribution in [0.1, 0.15) is 19.4 Å². The fourth-order valence-electron chi connectivity index (χ4n) is 1.16. The van der Waals surface area contributed by atoms with Crippen LogP contribution < -0.4 is 10.6 Å². The fraction of sp³-hybridized carbons (Fsp3) is 0.364. The number of hydrogen-bond donors (Lipinski definition) is 2. The van der Waals surface area contributed by atoms with E-state index in [2.05, 4.69) is 26.6 Å². The zero-order valence-electron chi connectivity index (χ0n) is 9.10. The number of urea groups is 1. The Bertz CT molecular complexity index is 364. The summed E-state index contributed by atoms with van der Waals surface area (Å²) >= 11 is 3.42. The molecule has 0 radical (unpaired) electrons. The lowest BCUT2D eigenvalue weighted by Crippen LogP contribution is -2.34. The maximum Gasteiger partial charge on any atom is 0.319 e. The minimum Gasteiger partial charge on any atom is -0.336 e. The third kappa shape index (κ3) is 3.55. The zero-order chi connectivity index (χ0) is 11.4. The van der Waals surface area contributed by atoms with Crippen molar-refractivity contribution in [3.8, 4) is 0 Å². The molecule has 0 aliphatic carbocycles. The van der Waals surface area contributed by atoms with Crippen molar-refractivity contribution in [3.05, 3.63) is 28.2 Å². The molecule has 82 valence electrons. The first-order valence-corrected chi connectivity index (χ1v) is 5.62. The molecule has 2 amide bonds. The molecule has 0 bridgehead atoms. The van der Waals surface area contributed by atoms with E-state index in [0.717, 1.165) is 15.7 Å². The predicted octanol–water partition coefficient (Wildman–Crippen LogP) is 3.29. The summed E-state index contributed by atoms with van der Waals surface area (Å²) in [6.07, 6.45) is 0. The van der Waals surface area contributed by atoms with E-state index in [0.29, 0.717) is 0 Å². The summed E-state index contributed by atoms with van der Waals surface area (Å²) in [4.78, 5) is 11.4. The third-order valence-electron chi connectivity index (χ3n) is 1.94. The maximum absolute atomic E-state index is 11.4. The van der Waals surface area contributed by atoms with Gasteiger partial charge in [-0.05, 0) is 38.5 Å². The molecule has 0 unspecified atom stereocenters. The van der Waals surface area contributed by atoms with Crippen molar-refractivity contribution in [3.63, 3.8) is 0 Å².